The number of piperazine rings is 1. The van der Waals surface area contributed by atoms with Crippen LogP contribution in [0.2, 0.25) is 0 Å². The summed E-state index contributed by atoms with van der Waals surface area (Å²) in [5.74, 6) is 0.0249. The number of aryl methyl sites for hydroxylation is 2. The molecule has 1 aliphatic rings. The molecule has 2 heterocycles. The molecule has 3 rings (SSSR count). The van der Waals surface area contributed by atoms with Crippen molar-refractivity contribution in [1.82, 2.24) is 9.88 Å². The second-order valence-corrected chi connectivity index (χ2v) is 7.39. The number of aromatic nitrogens is 1. The zero-order valence-electron chi connectivity index (χ0n) is 14.5. The average Bonchev–Trinajstić information content (AvgIpc) is 2.92. The van der Waals surface area contributed by atoms with Crippen molar-refractivity contribution in [3.63, 3.8) is 0 Å². The second kappa shape index (κ2) is 7.32. The number of nitrogens with zero attached hydrogens (tertiary/aromatic N) is 3. The van der Waals surface area contributed by atoms with E-state index in [4.69, 9.17) is 0 Å². The number of carbonyl (C=O) groups is 1. The molecular formula is C18H24N4OS. The lowest BCUT2D eigenvalue weighted by Crippen LogP contribution is -2.52. The maximum Gasteiger partial charge on any atom is 0.243 e. The summed E-state index contributed by atoms with van der Waals surface area (Å²) in [4.78, 5) is 22.6. The van der Waals surface area contributed by atoms with E-state index in [2.05, 4.69) is 44.4 Å². The van der Waals surface area contributed by atoms with Gasteiger partial charge < -0.3 is 10.2 Å². The van der Waals surface area contributed by atoms with Crippen LogP contribution in [0.4, 0.5) is 10.8 Å². The molecule has 1 aromatic heterocycles. The molecular weight excluding hydrogens is 320 g/mol. The topological polar surface area (TPSA) is 48.5 Å². The Balaban J connectivity index is 1.54. The van der Waals surface area contributed by atoms with Gasteiger partial charge in [-0.15, -0.1) is 11.3 Å². The minimum atomic E-state index is -0.146. The van der Waals surface area contributed by atoms with Crippen molar-refractivity contribution in [3.05, 3.63) is 40.9 Å². The van der Waals surface area contributed by atoms with Crippen LogP contribution in [0, 0.1) is 13.8 Å². The fraction of sp³-hybridized carbons (Fsp3) is 0.444. The number of hydrogen-bond acceptors (Lipinski definition) is 5. The summed E-state index contributed by atoms with van der Waals surface area (Å²) in [5, 5.41) is 3.66. The highest BCUT2D eigenvalue weighted by molar-refractivity contribution is 7.15. The summed E-state index contributed by atoms with van der Waals surface area (Å²) in [7, 11) is 0. The summed E-state index contributed by atoms with van der Waals surface area (Å²) < 4.78 is 0. The van der Waals surface area contributed by atoms with Gasteiger partial charge in [-0.1, -0.05) is 18.2 Å². The first kappa shape index (κ1) is 16.9. The van der Waals surface area contributed by atoms with Crippen LogP contribution in [0.15, 0.2) is 30.3 Å². The Morgan fingerprint density at radius 3 is 2.42 bits per heavy atom. The highest BCUT2D eigenvalue weighted by Crippen LogP contribution is 2.22. The Kier molecular flexibility index (Phi) is 5.16. The van der Waals surface area contributed by atoms with Gasteiger partial charge in [0.1, 0.15) is 0 Å². The van der Waals surface area contributed by atoms with Crippen molar-refractivity contribution in [2.75, 3.05) is 36.4 Å². The minimum Gasteiger partial charge on any atom is -0.369 e. The molecule has 1 N–H and O–H groups in total. The molecule has 1 aliphatic heterocycles. The second-order valence-electron chi connectivity index (χ2n) is 6.18. The van der Waals surface area contributed by atoms with E-state index in [9.17, 15) is 4.79 Å². The highest BCUT2D eigenvalue weighted by Gasteiger charge is 2.26. The fourth-order valence-corrected chi connectivity index (χ4v) is 3.73. The number of amides is 1. The first-order chi connectivity index (χ1) is 11.5. The van der Waals surface area contributed by atoms with Gasteiger partial charge in [0.25, 0.3) is 0 Å². The predicted molar refractivity (Wildman–Crippen MR) is 99.9 cm³/mol. The summed E-state index contributed by atoms with van der Waals surface area (Å²) in [6.07, 6.45) is 0. The monoisotopic (exact) mass is 344 g/mol. The number of carbonyl (C=O) groups excluding carboxylic acids is 1. The summed E-state index contributed by atoms with van der Waals surface area (Å²) in [6.45, 7) is 9.62. The Morgan fingerprint density at radius 2 is 1.83 bits per heavy atom. The van der Waals surface area contributed by atoms with Crippen LogP contribution in [0.5, 0.6) is 0 Å². The highest BCUT2D eigenvalue weighted by atomic mass is 32.1. The summed E-state index contributed by atoms with van der Waals surface area (Å²) >= 11 is 1.53. The predicted octanol–water partition coefficient (Wildman–Crippen LogP) is 2.91. The Bertz CT molecular complexity index is 673. The molecule has 1 atom stereocenters. The van der Waals surface area contributed by atoms with E-state index in [0.717, 1.165) is 36.8 Å². The van der Waals surface area contributed by atoms with Crippen LogP contribution in [0.1, 0.15) is 17.5 Å². The largest absolute Gasteiger partial charge is 0.369 e. The van der Waals surface area contributed by atoms with Gasteiger partial charge in [0.2, 0.25) is 5.91 Å². The lowest BCUT2D eigenvalue weighted by atomic mass is 10.2. The molecule has 6 heteroatoms. The van der Waals surface area contributed by atoms with Crippen LogP contribution in [0.3, 0.4) is 0 Å². The Morgan fingerprint density at radius 1 is 1.17 bits per heavy atom. The van der Waals surface area contributed by atoms with Crippen molar-refractivity contribution >= 4 is 28.1 Å². The van der Waals surface area contributed by atoms with E-state index in [0.29, 0.717) is 5.13 Å². The van der Waals surface area contributed by atoms with Crippen LogP contribution in [0.25, 0.3) is 0 Å². The lowest BCUT2D eigenvalue weighted by molar-refractivity contribution is -0.120. The molecule has 0 radical (unpaired) electrons. The lowest BCUT2D eigenvalue weighted by Gasteiger charge is -2.38. The Hall–Kier alpha value is -1.92. The van der Waals surface area contributed by atoms with Gasteiger partial charge >= 0.3 is 0 Å². The van der Waals surface area contributed by atoms with Crippen molar-refractivity contribution in [3.8, 4) is 0 Å². The van der Waals surface area contributed by atoms with Crippen molar-refractivity contribution < 1.29 is 4.79 Å². The first-order valence-electron chi connectivity index (χ1n) is 8.33. The van der Waals surface area contributed by atoms with Crippen molar-refractivity contribution in [2.45, 2.75) is 26.8 Å². The third-order valence-electron chi connectivity index (χ3n) is 4.62. The molecule has 0 spiro atoms. The van der Waals surface area contributed by atoms with E-state index >= 15 is 0 Å². The standard InChI is InChI=1S/C18H24N4OS/c1-13-15(3)24-18(19-13)20-17(23)14(2)21-9-11-22(12-10-21)16-7-5-4-6-8-16/h4-8,14H,9-12H2,1-3H3,(H,19,20,23)/t14-/m0/s1. The van der Waals surface area contributed by atoms with Crippen LogP contribution in [-0.2, 0) is 4.79 Å². The molecule has 0 aliphatic carbocycles. The van der Waals surface area contributed by atoms with Gasteiger partial charge in [0, 0.05) is 36.7 Å². The molecule has 0 bridgehead atoms. The van der Waals surface area contributed by atoms with E-state index in [1.807, 2.05) is 26.8 Å². The van der Waals surface area contributed by atoms with Crippen LogP contribution >= 0.6 is 11.3 Å². The number of hydrogen-bond donors (Lipinski definition) is 1. The number of para-hydroxylation sites is 1. The molecule has 1 saturated heterocycles. The van der Waals surface area contributed by atoms with E-state index < -0.39 is 0 Å². The number of thiazole rings is 1. The van der Waals surface area contributed by atoms with E-state index in [1.54, 1.807) is 0 Å². The molecule has 24 heavy (non-hydrogen) atoms. The molecule has 1 fully saturated rings. The van der Waals surface area contributed by atoms with E-state index in [1.165, 1.54) is 17.0 Å². The Labute approximate surface area is 147 Å². The normalized spacial score (nSPS) is 16.9. The zero-order chi connectivity index (χ0) is 17.1. The van der Waals surface area contributed by atoms with Crippen LogP contribution < -0.4 is 10.2 Å². The summed E-state index contributed by atoms with van der Waals surface area (Å²) in [6, 6.07) is 10.3. The smallest absolute Gasteiger partial charge is 0.243 e. The number of anilines is 2. The fourth-order valence-electron chi connectivity index (χ4n) is 2.91. The zero-order valence-corrected chi connectivity index (χ0v) is 15.3. The average molecular weight is 344 g/mol. The molecule has 1 aromatic carbocycles. The third-order valence-corrected chi connectivity index (χ3v) is 5.61. The number of nitrogens with one attached hydrogen (secondary N) is 1. The number of rotatable bonds is 4. The molecule has 0 unspecified atom stereocenters. The molecule has 128 valence electrons. The van der Waals surface area contributed by atoms with Gasteiger partial charge in [-0.25, -0.2) is 4.98 Å². The van der Waals surface area contributed by atoms with Crippen LogP contribution in [-0.4, -0.2) is 48.0 Å². The molecule has 1 amide bonds. The molecule has 0 saturated carbocycles. The van der Waals surface area contributed by atoms with E-state index in [-0.39, 0.29) is 11.9 Å². The van der Waals surface area contributed by atoms with Gasteiger partial charge in [-0.3, -0.25) is 9.69 Å². The maximum atomic E-state index is 12.5. The first-order valence-corrected chi connectivity index (χ1v) is 9.15. The quantitative estimate of drug-likeness (QED) is 0.926. The SMILES string of the molecule is Cc1nc(NC(=O)[C@H](C)N2CCN(c3ccccc3)CC2)sc1C. The van der Waals surface area contributed by atoms with Crippen molar-refractivity contribution in [1.29, 1.82) is 0 Å². The summed E-state index contributed by atoms with van der Waals surface area (Å²) in [5.41, 5.74) is 2.24. The molecule has 2 aromatic rings. The third kappa shape index (κ3) is 3.76. The van der Waals surface area contributed by atoms with Gasteiger partial charge in [-0.05, 0) is 32.9 Å². The van der Waals surface area contributed by atoms with Gasteiger partial charge in [-0.2, -0.15) is 0 Å². The maximum absolute atomic E-state index is 12.5. The van der Waals surface area contributed by atoms with Gasteiger partial charge in [0.15, 0.2) is 5.13 Å². The van der Waals surface area contributed by atoms with Crippen molar-refractivity contribution in [2.24, 2.45) is 0 Å². The minimum absolute atomic E-state index is 0.0249. The molecule has 5 nitrogen and oxygen atoms in total. The van der Waals surface area contributed by atoms with Gasteiger partial charge in [0.05, 0.1) is 11.7 Å². The number of benzene rings is 1.